The van der Waals surface area contributed by atoms with Gasteiger partial charge in [-0.1, -0.05) is 0 Å². The molecule has 0 radical (unpaired) electrons. The van der Waals surface area contributed by atoms with E-state index < -0.39 is 0 Å². The molecule has 0 aromatic heterocycles. The molecule has 3 aliphatic rings. The Morgan fingerprint density at radius 3 is 2.88 bits per heavy atom. The van der Waals surface area contributed by atoms with Crippen LogP contribution in [-0.2, 0) is 14.2 Å². The molecule has 0 aromatic rings. The zero-order chi connectivity index (χ0) is 11.6. The molecule has 0 amide bonds. The molecule has 1 spiro atoms. The van der Waals surface area contributed by atoms with E-state index in [1.54, 1.807) is 0 Å². The molecule has 3 saturated heterocycles. The number of hydrogen-bond donors (Lipinski definition) is 1. The Bertz CT molecular complexity index is 247. The maximum absolute atomic E-state index is 6.01. The van der Waals surface area contributed by atoms with Crippen LogP contribution in [0.25, 0.3) is 0 Å². The highest BCUT2D eigenvalue weighted by Crippen LogP contribution is 2.35. The quantitative estimate of drug-likeness (QED) is 0.798. The number of ether oxygens (including phenoxy) is 3. The van der Waals surface area contributed by atoms with E-state index in [9.17, 15) is 0 Å². The summed E-state index contributed by atoms with van der Waals surface area (Å²) in [6.45, 7) is 5.59. The number of piperidine rings is 1. The minimum absolute atomic E-state index is 0.127. The third-order valence-electron chi connectivity index (χ3n) is 4.28. The van der Waals surface area contributed by atoms with Crippen molar-refractivity contribution in [1.82, 2.24) is 5.32 Å². The van der Waals surface area contributed by atoms with Crippen molar-refractivity contribution in [3.8, 4) is 0 Å². The van der Waals surface area contributed by atoms with Crippen LogP contribution in [0.4, 0.5) is 0 Å². The fourth-order valence-corrected chi connectivity index (χ4v) is 3.13. The molecule has 3 rings (SSSR count). The van der Waals surface area contributed by atoms with Crippen LogP contribution in [0.1, 0.15) is 25.7 Å². The molecule has 2 atom stereocenters. The molecule has 2 unspecified atom stereocenters. The average Bonchev–Trinajstić information content (AvgIpc) is 2.98. The summed E-state index contributed by atoms with van der Waals surface area (Å²) in [6.07, 6.45) is 4.83. The SMILES string of the molecule is C1CC2(CCN1)CC(OCC1CCOC1)CO2. The van der Waals surface area contributed by atoms with Crippen LogP contribution in [0.5, 0.6) is 0 Å². The molecule has 0 aromatic carbocycles. The number of nitrogens with one attached hydrogen (secondary N) is 1. The standard InChI is InChI=1S/C13H23NO3/c1-6-15-8-11(1)9-16-12-7-13(17-10-12)2-4-14-5-3-13/h11-12,14H,1-10H2. The van der Waals surface area contributed by atoms with Gasteiger partial charge in [-0.3, -0.25) is 0 Å². The monoisotopic (exact) mass is 241 g/mol. The normalized spacial score (nSPS) is 36.7. The number of rotatable bonds is 3. The summed E-state index contributed by atoms with van der Waals surface area (Å²) in [7, 11) is 0. The van der Waals surface area contributed by atoms with Gasteiger partial charge in [-0.25, -0.2) is 0 Å². The minimum atomic E-state index is 0.127. The fourth-order valence-electron chi connectivity index (χ4n) is 3.13. The Morgan fingerprint density at radius 1 is 1.24 bits per heavy atom. The van der Waals surface area contributed by atoms with Crippen LogP contribution < -0.4 is 5.32 Å². The van der Waals surface area contributed by atoms with Crippen LogP contribution in [-0.4, -0.2) is 51.2 Å². The smallest absolute Gasteiger partial charge is 0.0836 e. The highest BCUT2D eigenvalue weighted by Gasteiger charge is 2.41. The third kappa shape index (κ3) is 2.81. The first-order chi connectivity index (χ1) is 8.36. The topological polar surface area (TPSA) is 39.7 Å². The molecule has 17 heavy (non-hydrogen) atoms. The number of hydrogen-bond acceptors (Lipinski definition) is 4. The third-order valence-corrected chi connectivity index (χ3v) is 4.28. The molecule has 98 valence electrons. The Morgan fingerprint density at radius 2 is 2.12 bits per heavy atom. The van der Waals surface area contributed by atoms with E-state index in [1.807, 2.05) is 0 Å². The maximum atomic E-state index is 6.01. The summed E-state index contributed by atoms with van der Waals surface area (Å²) in [4.78, 5) is 0. The first-order valence-corrected chi connectivity index (χ1v) is 6.90. The lowest BCUT2D eigenvalue weighted by Crippen LogP contribution is -2.41. The van der Waals surface area contributed by atoms with E-state index in [4.69, 9.17) is 14.2 Å². The highest BCUT2D eigenvalue weighted by atomic mass is 16.6. The predicted octanol–water partition coefficient (Wildman–Crippen LogP) is 0.951. The summed E-state index contributed by atoms with van der Waals surface area (Å²) in [5, 5.41) is 3.39. The Labute approximate surface area is 103 Å². The molecular formula is C13H23NO3. The lowest BCUT2D eigenvalue weighted by Gasteiger charge is -2.32. The first-order valence-electron chi connectivity index (χ1n) is 6.90. The first kappa shape index (κ1) is 11.9. The van der Waals surface area contributed by atoms with Gasteiger partial charge in [-0.05, 0) is 32.4 Å². The molecule has 0 aliphatic carbocycles. The van der Waals surface area contributed by atoms with Crippen molar-refractivity contribution in [2.75, 3.05) is 39.5 Å². The lowest BCUT2D eigenvalue weighted by molar-refractivity contribution is -0.0247. The molecule has 0 saturated carbocycles. The molecular weight excluding hydrogens is 218 g/mol. The van der Waals surface area contributed by atoms with Gasteiger partial charge < -0.3 is 19.5 Å². The van der Waals surface area contributed by atoms with Gasteiger partial charge in [0.15, 0.2) is 0 Å². The lowest BCUT2D eigenvalue weighted by atomic mass is 9.89. The van der Waals surface area contributed by atoms with Crippen molar-refractivity contribution in [2.45, 2.75) is 37.4 Å². The molecule has 0 bridgehead atoms. The highest BCUT2D eigenvalue weighted by molar-refractivity contribution is 4.93. The van der Waals surface area contributed by atoms with Gasteiger partial charge in [0.1, 0.15) is 0 Å². The van der Waals surface area contributed by atoms with Gasteiger partial charge in [0, 0.05) is 18.9 Å². The Kier molecular flexibility index (Phi) is 3.66. The van der Waals surface area contributed by atoms with Crippen LogP contribution in [0.15, 0.2) is 0 Å². The van der Waals surface area contributed by atoms with Gasteiger partial charge >= 0.3 is 0 Å². The van der Waals surface area contributed by atoms with E-state index in [0.29, 0.717) is 12.0 Å². The van der Waals surface area contributed by atoms with Gasteiger partial charge in [0.25, 0.3) is 0 Å². The second-order valence-corrected chi connectivity index (χ2v) is 5.63. The summed E-state index contributed by atoms with van der Waals surface area (Å²) >= 11 is 0. The molecule has 1 N–H and O–H groups in total. The Balaban J connectivity index is 1.43. The van der Waals surface area contributed by atoms with E-state index >= 15 is 0 Å². The van der Waals surface area contributed by atoms with Gasteiger partial charge in [0.05, 0.1) is 31.5 Å². The van der Waals surface area contributed by atoms with Gasteiger partial charge in [-0.2, -0.15) is 0 Å². The molecule has 3 heterocycles. The largest absolute Gasteiger partial charge is 0.381 e. The zero-order valence-electron chi connectivity index (χ0n) is 10.5. The summed E-state index contributed by atoms with van der Waals surface area (Å²) in [6, 6.07) is 0. The van der Waals surface area contributed by atoms with E-state index in [-0.39, 0.29) is 5.60 Å². The second-order valence-electron chi connectivity index (χ2n) is 5.63. The van der Waals surface area contributed by atoms with Gasteiger partial charge in [-0.15, -0.1) is 0 Å². The fraction of sp³-hybridized carbons (Fsp3) is 1.00. The van der Waals surface area contributed by atoms with Crippen molar-refractivity contribution in [2.24, 2.45) is 5.92 Å². The van der Waals surface area contributed by atoms with E-state index in [0.717, 1.165) is 65.2 Å². The van der Waals surface area contributed by atoms with E-state index in [1.165, 1.54) is 0 Å². The second kappa shape index (κ2) is 5.22. The molecule has 3 fully saturated rings. The van der Waals surface area contributed by atoms with Crippen LogP contribution >= 0.6 is 0 Å². The van der Waals surface area contributed by atoms with Crippen molar-refractivity contribution >= 4 is 0 Å². The molecule has 3 aliphatic heterocycles. The van der Waals surface area contributed by atoms with Crippen molar-refractivity contribution < 1.29 is 14.2 Å². The molecule has 4 nitrogen and oxygen atoms in total. The maximum Gasteiger partial charge on any atom is 0.0836 e. The van der Waals surface area contributed by atoms with Gasteiger partial charge in [0.2, 0.25) is 0 Å². The summed E-state index contributed by atoms with van der Waals surface area (Å²) in [5.41, 5.74) is 0.127. The van der Waals surface area contributed by atoms with Crippen molar-refractivity contribution in [1.29, 1.82) is 0 Å². The van der Waals surface area contributed by atoms with Crippen LogP contribution in [0.2, 0.25) is 0 Å². The zero-order valence-corrected chi connectivity index (χ0v) is 10.5. The van der Waals surface area contributed by atoms with Crippen molar-refractivity contribution in [3.63, 3.8) is 0 Å². The molecule has 4 heteroatoms. The van der Waals surface area contributed by atoms with Crippen LogP contribution in [0, 0.1) is 5.92 Å². The average molecular weight is 241 g/mol. The minimum Gasteiger partial charge on any atom is -0.381 e. The predicted molar refractivity (Wildman–Crippen MR) is 64.1 cm³/mol. The van der Waals surface area contributed by atoms with Crippen molar-refractivity contribution in [3.05, 3.63) is 0 Å². The summed E-state index contributed by atoms with van der Waals surface area (Å²) in [5.74, 6) is 0.611. The summed E-state index contributed by atoms with van der Waals surface area (Å²) < 4.78 is 17.4. The van der Waals surface area contributed by atoms with Crippen LogP contribution in [0.3, 0.4) is 0 Å². The Hall–Kier alpha value is -0.160. The van der Waals surface area contributed by atoms with E-state index in [2.05, 4.69) is 5.32 Å².